The highest BCUT2D eigenvalue weighted by Gasteiger charge is 2.28. The molecular weight excluding hydrogens is 400 g/mol. The summed E-state index contributed by atoms with van der Waals surface area (Å²) in [4.78, 5) is 26.5. The number of H-pyrrole nitrogens is 1. The number of carbonyl (C=O) groups is 1. The van der Waals surface area contributed by atoms with E-state index in [1.807, 2.05) is 41.6 Å². The van der Waals surface area contributed by atoms with Crippen molar-refractivity contribution >= 4 is 11.9 Å². The predicted octanol–water partition coefficient (Wildman–Crippen LogP) is 3.81. The van der Waals surface area contributed by atoms with Gasteiger partial charge in [0.25, 0.3) is 0 Å². The Balaban J connectivity index is 1.28. The van der Waals surface area contributed by atoms with Crippen LogP contribution in [0.3, 0.4) is 0 Å². The Morgan fingerprint density at radius 1 is 1.06 bits per heavy atom. The van der Waals surface area contributed by atoms with E-state index >= 15 is 0 Å². The van der Waals surface area contributed by atoms with Crippen LogP contribution in [-0.2, 0) is 11.2 Å². The van der Waals surface area contributed by atoms with E-state index in [2.05, 4.69) is 32.2 Å². The van der Waals surface area contributed by atoms with E-state index in [4.69, 9.17) is 4.98 Å². The summed E-state index contributed by atoms with van der Waals surface area (Å²) in [5.41, 5.74) is 4.22. The van der Waals surface area contributed by atoms with Gasteiger partial charge in [-0.25, -0.2) is 9.97 Å². The lowest BCUT2D eigenvalue weighted by molar-refractivity contribution is -0.132. The standard InChI is InChI=1S/C25H30N6O/c32-23(11-10-19-7-2-1-3-8-19)31-16-6-9-20(18-31)24-21(17-27-29-24)22-12-13-26-25(28-22)30-14-4-5-15-30/h1-3,7-8,12-13,17,20H,4-6,9-11,14-16,18H2,(H,27,29). The normalized spacial score (nSPS) is 18.8. The molecule has 0 spiro atoms. The summed E-state index contributed by atoms with van der Waals surface area (Å²) < 4.78 is 0. The highest BCUT2D eigenvalue weighted by atomic mass is 16.2. The number of aryl methyl sites for hydroxylation is 1. The van der Waals surface area contributed by atoms with Crippen molar-refractivity contribution in [2.24, 2.45) is 0 Å². The lowest BCUT2D eigenvalue weighted by Gasteiger charge is -2.33. The van der Waals surface area contributed by atoms with Crippen LogP contribution < -0.4 is 4.90 Å². The molecule has 1 amide bonds. The topological polar surface area (TPSA) is 78.0 Å². The number of likely N-dealkylation sites (tertiary alicyclic amines) is 1. The first-order valence-corrected chi connectivity index (χ1v) is 11.7. The summed E-state index contributed by atoms with van der Waals surface area (Å²) in [6, 6.07) is 12.2. The average Bonchev–Trinajstić information content (AvgIpc) is 3.56. The zero-order chi connectivity index (χ0) is 21.8. The summed E-state index contributed by atoms with van der Waals surface area (Å²) >= 11 is 0. The van der Waals surface area contributed by atoms with Crippen LogP contribution in [0.15, 0.2) is 48.8 Å². The van der Waals surface area contributed by atoms with Gasteiger partial charge in [0.15, 0.2) is 0 Å². The molecule has 2 fully saturated rings. The molecule has 1 N–H and O–H groups in total. The third kappa shape index (κ3) is 4.52. The van der Waals surface area contributed by atoms with Crippen LogP contribution in [0.2, 0.25) is 0 Å². The number of nitrogens with one attached hydrogen (secondary N) is 1. The van der Waals surface area contributed by atoms with Gasteiger partial charge in [0.2, 0.25) is 11.9 Å². The quantitative estimate of drug-likeness (QED) is 0.643. The number of aromatic amines is 1. The van der Waals surface area contributed by atoms with Crippen molar-refractivity contribution in [3.8, 4) is 11.3 Å². The SMILES string of the molecule is O=C(CCc1ccccc1)N1CCCC(c2[nH]ncc2-c2ccnc(N3CCCC3)n2)C1. The molecular formula is C25H30N6O. The van der Waals surface area contributed by atoms with E-state index in [0.717, 1.165) is 68.3 Å². The van der Waals surface area contributed by atoms with Crippen LogP contribution in [0.1, 0.15) is 49.3 Å². The number of carbonyl (C=O) groups excluding carboxylic acids is 1. The molecule has 0 saturated carbocycles. The predicted molar refractivity (Wildman–Crippen MR) is 124 cm³/mol. The first-order valence-electron chi connectivity index (χ1n) is 11.7. The molecule has 2 aliphatic rings. The van der Waals surface area contributed by atoms with E-state index in [1.54, 1.807) is 0 Å². The maximum Gasteiger partial charge on any atom is 0.225 e. The Bertz CT molecular complexity index is 1040. The van der Waals surface area contributed by atoms with Crippen LogP contribution in [0.4, 0.5) is 5.95 Å². The van der Waals surface area contributed by atoms with Gasteiger partial charge in [-0.15, -0.1) is 0 Å². The molecule has 2 saturated heterocycles. The number of benzene rings is 1. The molecule has 0 aliphatic carbocycles. The van der Waals surface area contributed by atoms with Crippen molar-refractivity contribution in [3.05, 3.63) is 60.0 Å². The van der Waals surface area contributed by atoms with Gasteiger partial charge < -0.3 is 9.80 Å². The van der Waals surface area contributed by atoms with Gasteiger partial charge >= 0.3 is 0 Å². The average molecular weight is 431 g/mol. The summed E-state index contributed by atoms with van der Waals surface area (Å²) in [5, 5.41) is 7.56. The van der Waals surface area contributed by atoms with Gasteiger partial charge in [-0.05, 0) is 43.7 Å². The van der Waals surface area contributed by atoms with Crippen molar-refractivity contribution in [3.63, 3.8) is 0 Å². The molecule has 2 aliphatic heterocycles. The molecule has 166 valence electrons. The number of nitrogens with zero attached hydrogens (tertiary/aromatic N) is 5. The summed E-state index contributed by atoms with van der Waals surface area (Å²) in [6.07, 6.45) is 9.48. The summed E-state index contributed by atoms with van der Waals surface area (Å²) in [5.74, 6) is 1.28. The van der Waals surface area contributed by atoms with E-state index in [0.29, 0.717) is 6.42 Å². The third-order valence-electron chi connectivity index (χ3n) is 6.63. The lowest BCUT2D eigenvalue weighted by Crippen LogP contribution is -2.39. The zero-order valence-corrected chi connectivity index (χ0v) is 18.4. The molecule has 4 heterocycles. The maximum atomic E-state index is 12.9. The minimum Gasteiger partial charge on any atom is -0.342 e. The Labute approximate surface area is 188 Å². The van der Waals surface area contributed by atoms with Crippen molar-refractivity contribution in [1.29, 1.82) is 0 Å². The van der Waals surface area contributed by atoms with E-state index in [9.17, 15) is 4.79 Å². The molecule has 1 atom stereocenters. The van der Waals surface area contributed by atoms with Crippen LogP contribution in [0.25, 0.3) is 11.3 Å². The molecule has 3 aromatic rings. The van der Waals surface area contributed by atoms with Crippen LogP contribution in [0, 0.1) is 0 Å². The Hall–Kier alpha value is -3.22. The molecule has 32 heavy (non-hydrogen) atoms. The molecule has 2 aromatic heterocycles. The van der Waals surface area contributed by atoms with E-state index in [-0.39, 0.29) is 11.8 Å². The minimum absolute atomic E-state index is 0.234. The minimum atomic E-state index is 0.234. The molecule has 5 rings (SSSR count). The summed E-state index contributed by atoms with van der Waals surface area (Å²) in [6.45, 7) is 3.60. The van der Waals surface area contributed by atoms with Gasteiger partial charge in [0.1, 0.15) is 0 Å². The van der Waals surface area contributed by atoms with Gasteiger partial charge in [0, 0.05) is 56.0 Å². The fraction of sp³-hybridized carbons (Fsp3) is 0.440. The molecule has 1 aromatic carbocycles. The second-order valence-corrected chi connectivity index (χ2v) is 8.80. The molecule has 0 radical (unpaired) electrons. The smallest absolute Gasteiger partial charge is 0.225 e. The van der Waals surface area contributed by atoms with Gasteiger partial charge in [0.05, 0.1) is 11.9 Å². The fourth-order valence-corrected chi connectivity index (χ4v) is 4.87. The highest BCUT2D eigenvalue weighted by molar-refractivity contribution is 5.76. The number of hydrogen-bond donors (Lipinski definition) is 1. The maximum absolute atomic E-state index is 12.9. The van der Waals surface area contributed by atoms with E-state index in [1.165, 1.54) is 18.4 Å². The van der Waals surface area contributed by atoms with Crippen LogP contribution in [-0.4, -0.2) is 57.2 Å². The second kappa shape index (κ2) is 9.51. The molecule has 7 heteroatoms. The molecule has 1 unspecified atom stereocenters. The van der Waals surface area contributed by atoms with Gasteiger partial charge in [-0.3, -0.25) is 9.89 Å². The number of hydrogen-bond acceptors (Lipinski definition) is 5. The highest BCUT2D eigenvalue weighted by Crippen LogP contribution is 2.33. The first-order chi connectivity index (χ1) is 15.8. The third-order valence-corrected chi connectivity index (χ3v) is 6.63. The number of piperidine rings is 1. The van der Waals surface area contributed by atoms with Gasteiger partial charge in [-0.2, -0.15) is 5.10 Å². The van der Waals surface area contributed by atoms with Crippen molar-refractivity contribution in [2.75, 3.05) is 31.1 Å². The van der Waals surface area contributed by atoms with Gasteiger partial charge in [-0.1, -0.05) is 30.3 Å². The number of amides is 1. The Kier molecular flexibility index (Phi) is 6.14. The van der Waals surface area contributed by atoms with Crippen molar-refractivity contribution in [2.45, 2.75) is 44.4 Å². The van der Waals surface area contributed by atoms with Crippen molar-refractivity contribution < 1.29 is 4.79 Å². The second-order valence-electron chi connectivity index (χ2n) is 8.80. The van der Waals surface area contributed by atoms with Crippen LogP contribution in [0.5, 0.6) is 0 Å². The number of rotatable bonds is 6. The number of aromatic nitrogens is 4. The van der Waals surface area contributed by atoms with E-state index < -0.39 is 0 Å². The summed E-state index contributed by atoms with van der Waals surface area (Å²) in [7, 11) is 0. The number of anilines is 1. The van der Waals surface area contributed by atoms with Crippen molar-refractivity contribution in [1.82, 2.24) is 25.1 Å². The largest absolute Gasteiger partial charge is 0.342 e. The molecule has 0 bridgehead atoms. The zero-order valence-electron chi connectivity index (χ0n) is 18.4. The first kappa shape index (κ1) is 20.7. The lowest BCUT2D eigenvalue weighted by atomic mass is 9.91. The fourth-order valence-electron chi connectivity index (χ4n) is 4.87. The Morgan fingerprint density at radius 2 is 1.91 bits per heavy atom. The monoisotopic (exact) mass is 430 g/mol. The van der Waals surface area contributed by atoms with Crippen LogP contribution >= 0.6 is 0 Å². The molecule has 7 nitrogen and oxygen atoms in total. The Morgan fingerprint density at radius 3 is 2.75 bits per heavy atom.